The number of carboxylic acid groups (broad SMARTS) is 1. The molecule has 0 radical (unpaired) electrons. The molecule has 1 aromatic rings. The Bertz CT molecular complexity index is 304. The summed E-state index contributed by atoms with van der Waals surface area (Å²) in [4.78, 5) is 10.4. The standard InChI is InChI=1S/C8H10N2O2.ClH/c9-6-3-1-2-5(4-6)7(10)8(11)12;/h1-4,7H,9-10H2,(H,11,12);1H. The van der Waals surface area contributed by atoms with E-state index >= 15 is 0 Å². The van der Waals surface area contributed by atoms with Gasteiger partial charge in [-0.1, -0.05) is 12.1 Å². The number of halogens is 1. The highest BCUT2D eigenvalue weighted by molar-refractivity contribution is 5.85. The molecule has 1 unspecified atom stereocenters. The Kier molecular flexibility index (Phi) is 4.23. The minimum atomic E-state index is -1.06. The Morgan fingerprint density at radius 3 is 2.54 bits per heavy atom. The Balaban J connectivity index is 0.00000144. The van der Waals surface area contributed by atoms with Crippen LogP contribution in [0, 0.1) is 0 Å². The molecule has 0 saturated heterocycles. The summed E-state index contributed by atoms with van der Waals surface area (Å²) in [5.74, 6) is -1.06. The van der Waals surface area contributed by atoms with E-state index in [4.69, 9.17) is 16.6 Å². The highest BCUT2D eigenvalue weighted by atomic mass is 35.5. The molecule has 0 aliphatic rings. The lowest BCUT2D eigenvalue weighted by molar-refractivity contribution is -0.138. The molecule has 0 fully saturated rings. The van der Waals surface area contributed by atoms with Gasteiger partial charge >= 0.3 is 5.97 Å². The minimum absolute atomic E-state index is 0. The number of nitrogens with two attached hydrogens (primary N) is 2. The van der Waals surface area contributed by atoms with Crippen LogP contribution >= 0.6 is 12.4 Å². The number of hydrogen-bond donors (Lipinski definition) is 3. The van der Waals surface area contributed by atoms with Crippen LogP contribution in [0.15, 0.2) is 24.3 Å². The molecule has 72 valence electrons. The topological polar surface area (TPSA) is 89.3 Å². The lowest BCUT2D eigenvalue weighted by Crippen LogP contribution is -2.20. The van der Waals surface area contributed by atoms with E-state index in [2.05, 4.69) is 0 Å². The van der Waals surface area contributed by atoms with E-state index in [1.807, 2.05) is 0 Å². The lowest BCUT2D eigenvalue weighted by Gasteiger charge is -2.06. The normalized spacial score (nSPS) is 11.5. The second-order valence-electron chi connectivity index (χ2n) is 2.49. The molecular formula is C8H11ClN2O2. The molecule has 5 N–H and O–H groups in total. The molecule has 1 rings (SSSR count). The molecule has 0 aliphatic carbocycles. The average Bonchev–Trinajstić information content (AvgIpc) is 2.03. The van der Waals surface area contributed by atoms with Crippen molar-refractivity contribution in [2.75, 3.05) is 5.73 Å². The summed E-state index contributed by atoms with van der Waals surface area (Å²) in [5.41, 5.74) is 11.8. The van der Waals surface area contributed by atoms with Gasteiger partial charge in [-0.2, -0.15) is 0 Å². The maximum absolute atomic E-state index is 10.4. The first-order chi connectivity index (χ1) is 5.61. The third kappa shape index (κ3) is 2.93. The summed E-state index contributed by atoms with van der Waals surface area (Å²) in [7, 11) is 0. The van der Waals surface area contributed by atoms with Gasteiger partial charge in [0.2, 0.25) is 0 Å². The van der Waals surface area contributed by atoms with E-state index in [-0.39, 0.29) is 12.4 Å². The maximum atomic E-state index is 10.4. The number of hydrogen-bond acceptors (Lipinski definition) is 3. The Labute approximate surface area is 81.9 Å². The fourth-order valence-electron chi connectivity index (χ4n) is 0.895. The molecule has 0 bridgehead atoms. The summed E-state index contributed by atoms with van der Waals surface area (Å²) in [5, 5.41) is 8.56. The minimum Gasteiger partial charge on any atom is -0.480 e. The number of anilines is 1. The van der Waals surface area contributed by atoms with Crippen molar-refractivity contribution in [1.29, 1.82) is 0 Å². The zero-order valence-corrected chi connectivity index (χ0v) is 7.62. The van der Waals surface area contributed by atoms with E-state index in [1.54, 1.807) is 24.3 Å². The smallest absolute Gasteiger partial charge is 0.325 e. The molecular weight excluding hydrogens is 192 g/mol. The fourth-order valence-corrected chi connectivity index (χ4v) is 0.895. The first-order valence-electron chi connectivity index (χ1n) is 3.45. The van der Waals surface area contributed by atoms with Gasteiger partial charge in [-0.05, 0) is 17.7 Å². The lowest BCUT2D eigenvalue weighted by atomic mass is 10.1. The molecule has 4 nitrogen and oxygen atoms in total. The van der Waals surface area contributed by atoms with Crippen LogP contribution in [-0.2, 0) is 4.79 Å². The van der Waals surface area contributed by atoms with Gasteiger partial charge in [-0.25, -0.2) is 0 Å². The fraction of sp³-hybridized carbons (Fsp3) is 0.125. The average molecular weight is 203 g/mol. The summed E-state index contributed by atoms with van der Waals surface area (Å²) < 4.78 is 0. The SMILES string of the molecule is Cl.Nc1cccc(C(N)C(=O)O)c1. The molecule has 1 aromatic carbocycles. The zero-order chi connectivity index (χ0) is 9.14. The van der Waals surface area contributed by atoms with Gasteiger partial charge in [-0.3, -0.25) is 4.79 Å². The number of nitrogen functional groups attached to an aromatic ring is 1. The van der Waals surface area contributed by atoms with Gasteiger partial charge in [0.15, 0.2) is 0 Å². The third-order valence-corrected chi connectivity index (χ3v) is 1.54. The largest absolute Gasteiger partial charge is 0.480 e. The predicted molar refractivity (Wildman–Crippen MR) is 52.7 cm³/mol. The van der Waals surface area contributed by atoms with Crippen molar-refractivity contribution >= 4 is 24.1 Å². The highest BCUT2D eigenvalue weighted by Gasteiger charge is 2.13. The number of aliphatic carboxylic acids is 1. The van der Waals surface area contributed by atoms with Gasteiger partial charge in [0.25, 0.3) is 0 Å². The number of carbonyl (C=O) groups is 1. The van der Waals surface area contributed by atoms with E-state index in [1.165, 1.54) is 0 Å². The van der Waals surface area contributed by atoms with Crippen LogP contribution in [-0.4, -0.2) is 11.1 Å². The molecule has 0 spiro atoms. The quantitative estimate of drug-likeness (QED) is 0.618. The van der Waals surface area contributed by atoms with Crippen LogP contribution in [0.4, 0.5) is 5.69 Å². The van der Waals surface area contributed by atoms with E-state index in [0.717, 1.165) is 0 Å². The number of rotatable bonds is 2. The van der Waals surface area contributed by atoms with Crippen molar-refractivity contribution in [3.05, 3.63) is 29.8 Å². The van der Waals surface area contributed by atoms with E-state index < -0.39 is 12.0 Å². The van der Waals surface area contributed by atoms with Crippen molar-refractivity contribution in [2.45, 2.75) is 6.04 Å². The Hall–Kier alpha value is -1.26. The predicted octanol–water partition coefficient (Wildman–Crippen LogP) is 0.775. The van der Waals surface area contributed by atoms with Crippen molar-refractivity contribution < 1.29 is 9.90 Å². The van der Waals surface area contributed by atoms with Crippen LogP contribution in [0.5, 0.6) is 0 Å². The van der Waals surface area contributed by atoms with Crippen molar-refractivity contribution in [3.8, 4) is 0 Å². The Morgan fingerprint density at radius 1 is 1.46 bits per heavy atom. The van der Waals surface area contributed by atoms with Gasteiger partial charge in [-0.15, -0.1) is 12.4 Å². The highest BCUT2D eigenvalue weighted by Crippen LogP contribution is 2.13. The van der Waals surface area contributed by atoms with E-state index in [9.17, 15) is 4.79 Å². The van der Waals surface area contributed by atoms with Crippen molar-refractivity contribution in [2.24, 2.45) is 5.73 Å². The molecule has 0 heterocycles. The summed E-state index contributed by atoms with van der Waals surface area (Å²) in [6.07, 6.45) is 0. The molecule has 1 atom stereocenters. The second kappa shape index (κ2) is 4.69. The van der Waals surface area contributed by atoms with Crippen LogP contribution in [0.25, 0.3) is 0 Å². The summed E-state index contributed by atoms with van der Waals surface area (Å²) >= 11 is 0. The number of benzene rings is 1. The van der Waals surface area contributed by atoms with Gasteiger partial charge in [0.1, 0.15) is 6.04 Å². The molecule has 0 saturated carbocycles. The van der Waals surface area contributed by atoms with Crippen LogP contribution in [0.3, 0.4) is 0 Å². The number of carboxylic acids is 1. The van der Waals surface area contributed by atoms with Crippen LogP contribution < -0.4 is 11.5 Å². The van der Waals surface area contributed by atoms with Crippen LogP contribution in [0.1, 0.15) is 11.6 Å². The third-order valence-electron chi connectivity index (χ3n) is 1.54. The summed E-state index contributed by atoms with van der Waals surface area (Å²) in [6.45, 7) is 0. The Morgan fingerprint density at radius 2 is 2.08 bits per heavy atom. The first-order valence-corrected chi connectivity index (χ1v) is 3.45. The van der Waals surface area contributed by atoms with Gasteiger partial charge in [0.05, 0.1) is 0 Å². The zero-order valence-electron chi connectivity index (χ0n) is 6.81. The first kappa shape index (κ1) is 11.7. The molecule has 13 heavy (non-hydrogen) atoms. The monoisotopic (exact) mass is 202 g/mol. The van der Waals surface area contributed by atoms with Crippen molar-refractivity contribution in [1.82, 2.24) is 0 Å². The van der Waals surface area contributed by atoms with E-state index in [0.29, 0.717) is 11.3 Å². The maximum Gasteiger partial charge on any atom is 0.325 e. The van der Waals surface area contributed by atoms with Gasteiger partial charge in [0, 0.05) is 5.69 Å². The molecule has 0 aliphatic heterocycles. The molecule has 0 amide bonds. The summed E-state index contributed by atoms with van der Waals surface area (Å²) in [6, 6.07) is 5.55. The van der Waals surface area contributed by atoms with Crippen LogP contribution in [0.2, 0.25) is 0 Å². The molecule has 0 aromatic heterocycles. The molecule has 5 heteroatoms. The van der Waals surface area contributed by atoms with Gasteiger partial charge < -0.3 is 16.6 Å². The van der Waals surface area contributed by atoms with Crippen molar-refractivity contribution in [3.63, 3.8) is 0 Å². The second-order valence-corrected chi connectivity index (χ2v) is 2.49.